The van der Waals surface area contributed by atoms with Gasteiger partial charge in [0.1, 0.15) is 5.92 Å². The van der Waals surface area contributed by atoms with Gasteiger partial charge in [0, 0.05) is 24.8 Å². The summed E-state index contributed by atoms with van der Waals surface area (Å²) in [7, 11) is 1.42. The van der Waals surface area contributed by atoms with Crippen LogP contribution >= 0.6 is 0 Å². The van der Waals surface area contributed by atoms with Gasteiger partial charge in [0.25, 0.3) is 0 Å². The molecule has 112 valence electrons. The molecule has 1 unspecified atom stereocenters. The summed E-state index contributed by atoms with van der Waals surface area (Å²) < 4.78 is 43.0. The molecule has 0 aliphatic carbocycles. The van der Waals surface area contributed by atoms with E-state index in [2.05, 4.69) is 15.5 Å². The second kappa shape index (κ2) is 6.94. The lowest BCUT2D eigenvalue weighted by Gasteiger charge is -2.19. The van der Waals surface area contributed by atoms with Crippen molar-refractivity contribution < 1.29 is 23.1 Å². The third kappa shape index (κ3) is 4.26. The van der Waals surface area contributed by atoms with Gasteiger partial charge < -0.3 is 21.0 Å². The van der Waals surface area contributed by atoms with Crippen LogP contribution in [-0.4, -0.2) is 35.9 Å². The molecule has 9 heteroatoms. The first kappa shape index (κ1) is 16.0. The summed E-state index contributed by atoms with van der Waals surface area (Å²) in [5, 5.41) is 13.4. The van der Waals surface area contributed by atoms with Gasteiger partial charge in [-0.25, -0.2) is 4.98 Å². The van der Waals surface area contributed by atoms with Crippen molar-refractivity contribution in [3.8, 4) is 5.88 Å². The highest BCUT2D eigenvalue weighted by atomic mass is 19.4. The zero-order chi connectivity index (χ0) is 15.2. The highest BCUT2D eigenvalue weighted by Crippen LogP contribution is 2.26. The Balaban J connectivity index is 2.66. The number of alkyl halides is 3. The maximum Gasteiger partial charge on any atom is 0.400 e. The van der Waals surface area contributed by atoms with Crippen LogP contribution in [0.4, 0.5) is 13.2 Å². The Morgan fingerprint density at radius 3 is 2.85 bits per heavy atom. The third-order valence-corrected chi connectivity index (χ3v) is 2.57. The zero-order valence-electron chi connectivity index (χ0n) is 10.7. The van der Waals surface area contributed by atoms with Gasteiger partial charge in [0.15, 0.2) is 5.84 Å². The van der Waals surface area contributed by atoms with Gasteiger partial charge in [0.05, 0.1) is 7.11 Å². The highest BCUT2D eigenvalue weighted by molar-refractivity contribution is 5.83. The number of rotatable bonds is 6. The molecule has 0 aromatic carbocycles. The first-order valence-corrected chi connectivity index (χ1v) is 5.63. The van der Waals surface area contributed by atoms with Crippen LogP contribution in [0.1, 0.15) is 5.56 Å². The molecular formula is C11H15F3N4O2. The first-order valence-electron chi connectivity index (χ1n) is 5.63. The number of hydrogen-bond donors (Lipinski definition) is 3. The van der Waals surface area contributed by atoms with Crippen LogP contribution in [0.3, 0.4) is 0 Å². The largest absolute Gasteiger partial charge is 0.481 e. The van der Waals surface area contributed by atoms with Crippen molar-refractivity contribution in [3.05, 3.63) is 23.9 Å². The number of ether oxygens (including phenoxy) is 1. The average molecular weight is 292 g/mol. The van der Waals surface area contributed by atoms with E-state index in [-0.39, 0.29) is 6.54 Å². The minimum atomic E-state index is -4.59. The van der Waals surface area contributed by atoms with Crippen LogP contribution in [0.15, 0.2) is 23.5 Å². The Kier molecular flexibility index (Phi) is 5.56. The molecule has 0 radical (unpaired) electrons. The van der Waals surface area contributed by atoms with E-state index in [0.29, 0.717) is 11.4 Å². The van der Waals surface area contributed by atoms with Gasteiger partial charge in [-0.2, -0.15) is 13.2 Å². The number of hydrogen-bond acceptors (Lipinski definition) is 5. The Bertz CT molecular complexity index is 465. The molecule has 0 aliphatic heterocycles. The van der Waals surface area contributed by atoms with E-state index < -0.39 is 24.5 Å². The van der Waals surface area contributed by atoms with Crippen molar-refractivity contribution in [1.29, 1.82) is 0 Å². The molecule has 0 saturated heterocycles. The molecule has 0 bridgehead atoms. The normalized spacial score (nSPS) is 14.1. The van der Waals surface area contributed by atoms with E-state index in [1.807, 2.05) is 0 Å². The molecule has 4 N–H and O–H groups in total. The lowest BCUT2D eigenvalue weighted by atomic mass is 10.1. The number of nitrogens with zero attached hydrogens (tertiary/aromatic N) is 2. The van der Waals surface area contributed by atoms with Gasteiger partial charge >= 0.3 is 6.18 Å². The minimum Gasteiger partial charge on any atom is -0.481 e. The molecule has 0 saturated carbocycles. The summed E-state index contributed by atoms with van der Waals surface area (Å²) in [4.78, 5) is 3.92. The molecule has 1 atom stereocenters. The molecule has 0 aliphatic rings. The van der Waals surface area contributed by atoms with Crippen molar-refractivity contribution in [2.75, 3.05) is 13.7 Å². The van der Waals surface area contributed by atoms with E-state index >= 15 is 0 Å². The van der Waals surface area contributed by atoms with E-state index in [4.69, 9.17) is 15.7 Å². The zero-order valence-corrected chi connectivity index (χ0v) is 10.7. The molecule has 1 heterocycles. The lowest BCUT2D eigenvalue weighted by Crippen LogP contribution is -2.42. The van der Waals surface area contributed by atoms with E-state index in [0.717, 1.165) is 0 Å². The number of amidine groups is 1. The summed E-state index contributed by atoms with van der Waals surface area (Å²) in [5.74, 6) is -2.62. The molecule has 0 amide bonds. The van der Waals surface area contributed by atoms with Gasteiger partial charge in [-0.15, -0.1) is 0 Å². The van der Waals surface area contributed by atoms with Crippen LogP contribution in [-0.2, 0) is 6.54 Å². The topological polar surface area (TPSA) is 92.8 Å². The SMILES string of the molecule is COc1ncccc1CNCC(/C(N)=N/O)C(F)(F)F. The van der Waals surface area contributed by atoms with Crippen LogP contribution in [0.2, 0.25) is 0 Å². The average Bonchev–Trinajstić information content (AvgIpc) is 2.41. The van der Waals surface area contributed by atoms with Crippen LogP contribution in [0.25, 0.3) is 0 Å². The summed E-state index contributed by atoms with van der Waals surface area (Å²) in [5.41, 5.74) is 5.65. The second-order valence-electron chi connectivity index (χ2n) is 3.92. The van der Waals surface area contributed by atoms with Crippen molar-refractivity contribution in [2.45, 2.75) is 12.7 Å². The first-order chi connectivity index (χ1) is 9.40. The van der Waals surface area contributed by atoms with Gasteiger partial charge in [0.2, 0.25) is 5.88 Å². The molecule has 20 heavy (non-hydrogen) atoms. The Labute approximate surface area is 113 Å². The van der Waals surface area contributed by atoms with Gasteiger partial charge in [-0.05, 0) is 6.07 Å². The summed E-state index contributed by atoms with van der Waals surface area (Å²) in [6.07, 6.45) is -3.08. The fraction of sp³-hybridized carbons (Fsp3) is 0.455. The number of methoxy groups -OCH3 is 1. The van der Waals surface area contributed by atoms with Gasteiger partial charge in [-0.1, -0.05) is 11.2 Å². The van der Waals surface area contributed by atoms with E-state index in [1.54, 1.807) is 12.1 Å². The van der Waals surface area contributed by atoms with Crippen molar-refractivity contribution >= 4 is 5.84 Å². The number of nitrogens with two attached hydrogens (primary N) is 1. The highest BCUT2D eigenvalue weighted by Gasteiger charge is 2.42. The maximum absolute atomic E-state index is 12.7. The van der Waals surface area contributed by atoms with Crippen LogP contribution in [0, 0.1) is 5.92 Å². The fourth-order valence-corrected chi connectivity index (χ4v) is 1.55. The molecular weight excluding hydrogens is 277 g/mol. The molecule has 6 nitrogen and oxygen atoms in total. The Morgan fingerprint density at radius 2 is 2.30 bits per heavy atom. The van der Waals surface area contributed by atoms with Crippen molar-refractivity contribution in [2.24, 2.45) is 16.8 Å². The Hall–Kier alpha value is -2.03. The smallest absolute Gasteiger partial charge is 0.400 e. The van der Waals surface area contributed by atoms with Crippen LogP contribution in [0.5, 0.6) is 5.88 Å². The third-order valence-electron chi connectivity index (χ3n) is 2.57. The molecule has 0 spiro atoms. The summed E-state index contributed by atoms with van der Waals surface area (Å²) in [6, 6.07) is 3.31. The monoisotopic (exact) mass is 292 g/mol. The molecule has 1 aromatic heterocycles. The molecule has 1 aromatic rings. The predicted octanol–water partition coefficient (Wildman–Crippen LogP) is 1.10. The fourth-order valence-electron chi connectivity index (χ4n) is 1.55. The number of oxime groups is 1. The minimum absolute atomic E-state index is 0.113. The lowest BCUT2D eigenvalue weighted by molar-refractivity contribution is -0.154. The van der Waals surface area contributed by atoms with Gasteiger partial charge in [-0.3, -0.25) is 0 Å². The second-order valence-corrected chi connectivity index (χ2v) is 3.92. The molecule has 1 rings (SSSR count). The number of halogens is 3. The maximum atomic E-state index is 12.7. The van der Waals surface area contributed by atoms with Crippen molar-refractivity contribution in [3.63, 3.8) is 0 Å². The Morgan fingerprint density at radius 1 is 1.60 bits per heavy atom. The summed E-state index contributed by atoms with van der Waals surface area (Å²) in [6.45, 7) is -0.403. The van der Waals surface area contributed by atoms with Crippen LogP contribution < -0.4 is 15.8 Å². The van der Waals surface area contributed by atoms with E-state index in [9.17, 15) is 13.2 Å². The summed E-state index contributed by atoms with van der Waals surface area (Å²) >= 11 is 0. The quantitative estimate of drug-likeness (QED) is 0.316. The molecule has 0 fully saturated rings. The standard InChI is InChI=1S/C11H15F3N4O2/c1-20-10-7(3-2-4-17-10)5-16-6-8(9(15)18-19)11(12,13)14/h2-4,8,16,19H,5-6H2,1H3,(H2,15,18). The van der Waals surface area contributed by atoms with Crippen molar-refractivity contribution in [1.82, 2.24) is 10.3 Å². The van der Waals surface area contributed by atoms with E-state index in [1.165, 1.54) is 13.3 Å². The predicted molar refractivity (Wildman–Crippen MR) is 65.4 cm³/mol. The number of nitrogens with one attached hydrogen (secondary N) is 1. The number of aromatic nitrogens is 1. The number of pyridine rings is 1.